The van der Waals surface area contributed by atoms with E-state index in [1.54, 1.807) is 24.3 Å². The van der Waals surface area contributed by atoms with Gasteiger partial charge in [0.1, 0.15) is 5.75 Å². The van der Waals surface area contributed by atoms with Gasteiger partial charge in [0.05, 0.1) is 5.56 Å². The van der Waals surface area contributed by atoms with E-state index in [1.807, 2.05) is 38.2 Å². The number of ether oxygens (including phenoxy) is 1. The normalized spacial score (nSPS) is 9.89. The van der Waals surface area contributed by atoms with Gasteiger partial charge in [-0.15, -0.1) is 0 Å². The van der Waals surface area contributed by atoms with E-state index in [-0.39, 0.29) is 5.97 Å². The van der Waals surface area contributed by atoms with E-state index in [0.717, 1.165) is 11.3 Å². The monoisotopic (exact) mass is 241 g/mol. The van der Waals surface area contributed by atoms with Crippen molar-refractivity contribution in [3.63, 3.8) is 0 Å². The maximum absolute atomic E-state index is 11.8. The predicted octanol–water partition coefficient (Wildman–Crippen LogP) is 3.26. The van der Waals surface area contributed by atoms with Crippen molar-refractivity contribution in [2.45, 2.75) is 6.92 Å². The minimum atomic E-state index is -0.341. The van der Waals surface area contributed by atoms with Crippen molar-refractivity contribution in [1.82, 2.24) is 0 Å². The van der Waals surface area contributed by atoms with Gasteiger partial charge in [0.25, 0.3) is 0 Å². The van der Waals surface area contributed by atoms with Gasteiger partial charge in [-0.3, -0.25) is 0 Å². The summed E-state index contributed by atoms with van der Waals surface area (Å²) < 4.78 is 5.27. The third-order valence-electron chi connectivity index (χ3n) is 2.64. The van der Waals surface area contributed by atoms with E-state index in [4.69, 9.17) is 4.74 Å². The van der Waals surface area contributed by atoms with Crippen LogP contribution in [0.4, 0.5) is 5.69 Å². The van der Waals surface area contributed by atoms with Crippen LogP contribution in [-0.4, -0.2) is 13.0 Å². The molecule has 0 aliphatic heterocycles. The maximum atomic E-state index is 11.8. The Hall–Kier alpha value is -2.29. The zero-order chi connectivity index (χ0) is 13.0. The molecule has 0 bridgehead atoms. The zero-order valence-corrected chi connectivity index (χ0v) is 10.4. The van der Waals surface area contributed by atoms with Crippen molar-refractivity contribution < 1.29 is 9.53 Å². The predicted molar refractivity (Wildman–Crippen MR) is 72.1 cm³/mol. The van der Waals surface area contributed by atoms with E-state index in [1.165, 1.54) is 0 Å². The summed E-state index contributed by atoms with van der Waals surface area (Å²) in [6.45, 7) is 1.98. The Morgan fingerprint density at radius 2 is 1.61 bits per heavy atom. The molecule has 0 fully saturated rings. The SMILES string of the molecule is CNc1ccc(OC(=O)c2ccc(C)cc2)cc1. The highest BCUT2D eigenvalue weighted by Gasteiger charge is 2.07. The second-order valence-electron chi connectivity index (χ2n) is 4.03. The molecule has 0 heterocycles. The fraction of sp³-hybridized carbons (Fsp3) is 0.133. The number of carbonyl (C=O) groups is 1. The Labute approximate surface area is 106 Å². The fourth-order valence-electron chi connectivity index (χ4n) is 1.55. The Bertz CT molecular complexity index is 529. The summed E-state index contributed by atoms with van der Waals surface area (Å²) in [4.78, 5) is 11.8. The third-order valence-corrected chi connectivity index (χ3v) is 2.64. The van der Waals surface area contributed by atoms with Gasteiger partial charge in [0.15, 0.2) is 0 Å². The van der Waals surface area contributed by atoms with Gasteiger partial charge in [-0.1, -0.05) is 17.7 Å². The van der Waals surface area contributed by atoms with Gasteiger partial charge in [0, 0.05) is 12.7 Å². The first kappa shape index (κ1) is 12.2. The molecule has 0 unspecified atom stereocenters. The molecule has 0 spiro atoms. The quantitative estimate of drug-likeness (QED) is 0.662. The van der Waals surface area contributed by atoms with Crippen molar-refractivity contribution in [2.75, 3.05) is 12.4 Å². The van der Waals surface area contributed by atoms with Crippen LogP contribution in [0.3, 0.4) is 0 Å². The van der Waals surface area contributed by atoms with Crippen molar-refractivity contribution in [2.24, 2.45) is 0 Å². The highest BCUT2D eigenvalue weighted by atomic mass is 16.5. The second kappa shape index (κ2) is 5.36. The molecule has 18 heavy (non-hydrogen) atoms. The minimum absolute atomic E-state index is 0.341. The van der Waals surface area contributed by atoms with Crippen LogP contribution in [0.15, 0.2) is 48.5 Å². The first-order valence-corrected chi connectivity index (χ1v) is 5.76. The average Bonchev–Trinajstić information content (AvgIpc) is 2.40. The lowest BCUT2D eigenvalue weighted by atomic mass is 10.1. The molecule has 3 heteroatoms. The van der Waals surface area contributed by atoms with E-state index < -0.39 is 0 Å². The molecule has 0 saturated heterocycles. The van der Waals surface area contributed by atoms with Crippen LogP contribution in [0.5, 0.6) is 5.75 Å². The first-order chi connectivity index (χ1) is 8.69. The number of aryl methyl sites for hydroxylation is 1. The van der Waals surface area contributed by atoms with Crippen molar-refractivity contribution in [3.05, 3.63) is 59.7 Å². The Balaban J connectivity index is 2.08. The summed E-state index contributed by atoms with van der Waals surface area (Å²) in [5.41, 5.74) is 2.65. The largest absolute Gasteiger partial charge is 0.423 e. The Kier molecular flexibility index (Phi) is 3.63. The molecule has 92 valence electrons. The topological polar surface area (TPSA) is 38.3 Å². The fourth-order valence-corrected chi connectivity index (χ4v) is 1.55. The number of carbonyl (C=O) groups excluding carboxylic acids is 1. The lowest BCUT2D eigenvalue weighted by Crippen LogP contribution is -2.08. The number of hydrogen-bond acceptors (Lipinski definition) is 3. The smallest absolute Gasteiger partial charge is 0.343 e. The standard InChI is InChI=1S/C15H15NO2/c1-11-3-5-12(6-4-11)15(17)18-14-9-7-13(16-2)8-10-14/h3-10,16H,1-2H3. The summed E-state index contributed by atoms with van der Waals surface area (Å²) in [7, 11) is 1.84. The van der Waals surface area contributed by atoms with Gasteiger partial charge in [-0.25, -0.2) is 4.79 Å². The maximum Gasteiger partial charge on any atom is 0.343 e. The van der Waals surface area contributed by atoms with Crippen LogP contribution < -0.4 is 10.1 Å². The Morgan fingerprint density at radius 1 is 1.00 bits per heavy atom. The number of hydrogen-bond donors (Lipinski definition) is 1. The number of benzene rings is 2. The van der Waals surface area contributed by atoms with Crippen molar-refractivity contribution in [1.29, 1.82) is 0 Å². The van der Waals surface area contributed by atoms with Gasteiger partial charge >= 0.3 is 5.97 Å². The third kappa shape index (κ3) is 2.88. The summed E-state index contributed by atoms with van der Waals surface area (Å²) in [5, 5.41) is 3.00. The van der Waals surface area contributed by atoms with E-state index in [0.29, 0.717) is 11.3 Å². The van der Waals surface area contributed by atoms with Gasteiger partial charge in [-0.05, 0) is 43.3 Å². The van der Waals surface area contributed by atoms with Crippen LogP contribution >= 0.6 is 0 Å². The molecule has 2 aromatic carbocycles. The molecular weight excluding hydrogens is 226 g/mol. The molecule has 0 aromatic heterocycles. The highest BCUT2D eigenvalue weighted by Crippen LogP contribution is 2.16. The number of esters is 1. The van der Waals surface area contributed by atoms with Gasteiger partial charge in [-0.2, -0.15) is 0 Å². The molecule has 1 N–H and O–H groups in total. The minimum Gasteiger partial charge on any atom is -0.423 e. The lowest BCUT2D eigenvalue weighted by molar-refractivity contribution is 0.0735. The molecule has 0 aliphatic rings. The molecule has 0 radical (unpaired) electrons. The summed E-state index contributed by atoms with van der Waals surface area (Å²) in [5.74, 6) is 0.201. The number of anilines is 1. The van der Waals surface area contributed by atoms with Gasteiger partial charge in [0.2, 0.25) is 0 Å². The van der Waals surface area contributed by atoms with E-state index >= 15 is 0 Å². The Morgan fingerprint density at radius 3 is 2.17 bits per heavy atom. The molecule has 0 aliphatic carbocycles. The number of nitrogens with one attached hydrogen (secondary N) is 1. The second-order valence-corrected chi connectivity index (χ2v) is 4.03. The molecule has 0 amide bonds. The van der Waals surface area contributed by atoms with Crippen LogP contribution in [0.2, 0.25) is 0 Å². The lowest BCUT2D eigenvalue weighted by Gasteiger charge is -2.05. The summed E-state index contributed by atoms with van der Waals surface area (Å²) >= 11 is 0. The van der Waals surface area contributed by atoms with Crippen LogP contribution in [-0.2, 0) is 0 Å². The van der Waals surface area contributed by atoms with Crippen LogP contribution in [0.25, 0.3) is 0 Å². The molecule has 2 aromatic rings. The van der Waals surface area contributed by atoms with Crippen LogP contribution in [0.1, 0.15) is 15.9 Å². The number of rotatable bonds is 3. The molecule has 2 rings (SSSR count). The first-order valence-electron chi connectivity index (χ1n) is 5.76. The van der Waals surface area contributed by atoms with E-state index in [9.17, 15) is 4.79 Å². The highest BCUT2D eigenvalue weighted by molar-refractivity contribution is 5.91. The molecular formula is C15H15NO2. The van der Waals surface area contributed by atoms with Gasteiger partial charge < -0.3 is 10.1 Å². The molecule has 0 atom stereocenters. The molecule has 3 nitrogen and oxygen atoms in total. The van der Waals surface area contributed by atoms with Crippen molar-refractivity contribution in [3.8, 4) is 5.75 Å². The van der Waals surface area contributed by atoms with Crippen molar-refractivity contribution >= 4 is 11.7 Å². The van der Waals surface area contributed by atoms with Crippen LogP contribution in [0, 0.1) is 6.92 Å². The summed E-state index contributed by atoms with van der Waals surface area (Å²) in [6, 6.07) is 14.5. The van der Waals surface area contributed by atoms with E-state index in [2.05, 4.69) is 5.32 Å². The summed E-state index contributed by atoms with van der Waals surface area (Å²) in [6.07, 6.45) is 0. The molecule has 0 saturated carbocycles. The average molecular weight is 241 g/mol. The zero-order valence-electron chi connectivity index (χ0n) is 10.4.